The van der Waals surface area contributed by atoms with Crippen LogP contribution >= 0.6 is 0 Å². The van der Waals surface area contributed by atoms with Gasteiger partial charge in [-0.3, -0.25) is 0 Å². The van der Waals surface area contributed by atoms with E-state index in [9.17, 15) is 0 Å². The zero-order valence-corrected chi connectivity index (χ0v) is 8.96. The summed E-state index contributed by atoms with van der Waals surface area (Å²) in [4.78, 5) is 0. The molecule has 0 aromatic carbocycles. The Kier molecular flexibility index (Phi) is 4.74. The minimum atomic E-state index is 0.180. The van der Waals surface area contributed by atoms with Gasteiger partial charge in [-0.25, -0.2) is 0 Å². The van der Waals surface area contributed by atoms with Crippen LogP contribution in [0.4, 0.5) is 0 Å². The average Bonchev–Trinajstić information content (AvgIpc) is 2.15. The first-order chi connectivity index (χ1) is 6.24. The van der Waals surface area contributed by atoms with Crippen LogP contribution in [-0.2, 0) is 4.74 Å². The summed E-state index contributed by atoms with van der Waals surface area (Å²) in [5.41, 5.74) is 5.67. The normalized spacial score (nSPS) is 31.6. The summed E-state index contributed by atoms with van der Waals surface area (Å²) in [7, 11) is 0. The standard InChI is InChI=1S/C11H23NO/c1-3-10-6-4-5-7-11(10)13-8-9(2)12/h9-11H,3-8,12H2,1-2H3/t9-,10?,11?/m0/s1. The minimum absolute atomic E-state index is 0.180. The van der Waals surface area contributed by atoms with Crippen molar-refractivity contribution in [1.82, 2.24) is 0 Å². The molecule has 3 atom stereocenters. The molecule has 0 heterocycles. The lowest BCUT2D eigenvalue weighted by Gasteiger charge is -2.31. The second-order valence-corrected chi connectivity index (χ2v) is 4.30. The van der Waals surface area contributed by atoms with Gasteiger partial charge in [-0.15, -0.1) is 0 Å². The predicted octanol–water partition coefficient (Wildman–Crippen LogP) is 2.32. The summed E-state index contributed by atoms with van der Waals surface area (Å²) in [6.45, 7) is 4.99. The molecule has 0 bridgehead atoms. The van der Waals surface area contributed by atoms with Crippen molar-refractivity contribution in [2.24, 2.45) is 11.7 Å². The molecule has 13 heavy (non-hydrogen) atoms. The summed E-state index contributed by atoms with van der Waals surface area (Å²) >= 11 is 0. The van der Waals surface area contributed by atoms with Crippen LogP contribution in [0.3, 0.4) is 0 Å². The number of hydrogen-bond donors (Lipinski definition) is 1. The highest BCUT2D eigenvalue weighted by Gasteiger charge is 2.24. The molecule has 0 aliphatic heterocycles. The Hall–Kier alpha value is -0.0800. The van der Waals surface area contributed by atoms with Gasteiger partial charge in [-0.1, -0.05) is 26.2 Å². The fraction of sp³-hybridized carbons (Fsp3) is 1.00. The smallest absolute Gasteiger partial charge is 0.0618 e. The first-order valence-corrected chi connectivity index (χ1v) is 5.61. The Morgan fingerprint density at radius 2 is 2.08 bits per heavy atom. The lowest BCUT2D eigenvalue weighted by atomic mass is 9.85. The lowest BCUT2D eigenvalue weighted by molar-refractivity contribution is -0.0161. The van der Waals surface area contributed by atoms with E-state index in [4.69, 9.17) is 10.5 Å². The van der Waals surface area contributed by atoms with Gasteiger partial charge in [0.05, 0.1) is 12.7 Å². The molecule has 1 saturated carbocycles. The second-order valence-electron chi connectivity index (χ2n) is 4.30. The Morgan fingerprint density at radius 3 is 2.69 bits per heavy atom. The molecule has 2 nitrogen and oxygen atoms in total. The Labute approximate surface area is 81.8 Å². The van der Waals surface area contributed by atoms with Crippen molar-refractivity contribution in [2.75, 3.05) is 6.61 Å². The zero-order valence-electron chi connectivity index (χ0n) is 8.96. The number of nitrogens with two attached hydrogens (primary N) is 1. The van der Waals surface area contributed by atoms with E-state index in [-0.39, 0.29) is 6.04 Å². The van der Waals surface area contributed by atoms with Crippen LogP contribution in [0.15, 0.2) is 0 Å². The van der Waals surface area contributed by atoms with Gasteiger partial charge in [0.15, 0.2) is 0 Å². The minimum Gasteiger partial charge on any atom is -0.376 e. The van der Waals surface area contributed by atoms with Crippen LogP contribution < -0.4 is 5.73 Å². The molecule has 78 valence electrons. The molecule has 1 rings (SSSR count). The predicted molar refractivity (Wildman–Crippen MR) is 55.6 cm³/mol. The van der Waals surface area contributed by atoms with E-state index in [0.29, 0.717) is 6.10 Å². The molecular weight excluding hydrogens is 162 g/mol. The van der Waals surface area contributed by atoms with Crippen molar-refractivity contribution >= 4 is 0 Å². The largest absolute Gasteiger partial charge is 0.376 e. The molecule has 0 amide bonds. The summed E-state index contributed by atoms with van der Waals surface area (Å²) in [5.74, 6) is 0.785. The van der Waals surface area contributed by atoms with E-state index in [1.54, 1.807) is 0 Å². The summed E-state index contributed by atoms with van der Waals surface area (Å²) in [5, 5.41) is 0. The van der Waals surface area contributed by atoms with E-state index >= 15 is 0 Å². The Balaban J connectivity index is 2.27. The van der Waals surface area contributed by atoms with Crippen LogP contribution in [0.25, 0.3) is 0 Å². The van der Waals surface area contributed by atoms with Gasteiger partial charge in [0.1, 0.15) is 0 Å². The molecule has 0 saturated heterocycles. The van der Waals surface area contributed by atoms with Crippen LogP contribution in [-0.4, -0.2) is 18.8 Å². The molecule has 2 heteroatoms. The van der Waals surface area contributed by atoms with E-state index in [2.05, 4.69) is 6.92 Å². The first kappa shape index (κ1) is 11.0. The van der Waals surface area contributed by atoms with Crippen molar-refractivity contribution in [3.05, 3.63) is 0 Å². The van der Waals surface area contributed by atoms with Crippen LogP contribution in [0.2, 0.25) is 0 Å². The molecule has 0 radical (unpaired) electrons. The summed E-state index contributed by atoms with van der Waals surface area (Å²) in [6, 6.07) is 0.180. The van der Waals surface area contributed by atoms with Crippen molar-refractivity contribution in [2.45, 2.75) is 58.1 Å². The highest BCUT2D eigenvalue weighted by Crippen LogP contribution is 2.28. The Bertz CT molecular complexity index is 136. The molecule has 0 aromatic heterocycles. The molecule has 0 aromatic rings. The van der Waals surface area contributed by atoms with Crippen LogP contribution in [0.1, 0.15) is 46.0 Å². The third-order valence-corrected chi connectivity index (χ3v) is 2.94. The highest BCUT2D eigenvalue weighted by atomic mass is 16.5. The fourth-order valence-electron chi connectivity index (χ4n) is 2.14. The maximum absolute atomic E-state index is 5.82. The third-order valence-electron chi connectivity index (χ3n) is 2.94. The third kappa shape index (κ3) is 3.65. The van der Waals surface area contributed by atoms with E-state index in [0.717, 1.165) is 12.5 Å². The Morgan fingerprint density at radius 1 is 1.38 bits per heavy atom. The SMILES string of the molecule is CCC1CCCCC1OC[C@H](C)N. The topological polar surface area (TPSA) is 35.2 Å². The molecule has 1 fully saturated rings. The van der Waals surface area contributed by atoms with Gasteiger partial charge >= 0.3 is 0 Å². The maximum Gasteiger partial charge on any atom is 0.0618 e. The van der Waals surface area contributed by atoms with Gasteiger partial charge in [-0.2, -0.15) is 0 Å². The molecular formula is C11H23NO. The number of rotatable bonds is 4. The van der Waals surface area contributed by atoms with Gasteiger partial charge in [-0.05, 0) is 25.7 Å². The van der Waals surface area contributed by atoms with E-state index in [1.807, 2.05) is 6.92 Å². The van der Waals surface area contributed by atoms with Crippen molar-refractivity contribution in [1.29, 1.82) is 0 Å². The van der Waals surface area contributed by atoms with Crippen LogP contribution in [0, 0.1) is 5.92 Å². The van der Waals surface area contributed by atoms with Gasteiger partial charge in [0, 0.05) is 6.04 Å². The molecule has 0 spiro atoms. The highest BCUT2D eigenvalue weighted by molar-refractivity contribution is 4.75. The summed E-state index contributed by atoms with van der Waals surface area (Å²) in [6.07, 6.45) is 7.05. The quantitative estimate of drug-likeness (QED) is 0.729. The molecule has 2 unspecified atom stereocenters. The monoisotopic (exact) mass is 185 g/mol. The summed E-state index contributed by atoms with van der Waals surface area (Å²) < 4.78 is 5.82. The molecule has 1 aliphatic carbocycles. The average molecular weight is 185 g/mol. The maximum atomic E-state index is 5.82. The fourth-order valence-corrected chi connectivity index (χ4v) is 2.14. The van der Waals surface area contributed by atoms with E-state index in [1.165, 1.54) is 32.1 Å². The zero-order chi connectivity index (χ0) is 9.68. The van der Waals surface area contributed by atoms with Crippen LogP contribution in [0.5, 0.6) is 0 Å². The lowest BCUT2D eigenvalue weighted by Crippen LogP contribution is -2.32. The first-order valence-electron chi connectivity index (χ1n) is 5.61. The number of ether oxygens (including phenoxy) is 1. The van der Waals surface area contributed by atoms with Gasteiger partial charge in [0.25, 0.3) is 0 Å². The van der Waals surface area contributed by atoms with Gasteiger partial charge < -0.3 is 10.5 Å². The molecule has 1 aliphatic rings. The van der Waals surface area contributed by atoms with Gasteiger partial charge in [0.2, 0.25) is 0 Å². The second kappa shape index (κ2) is 5.61. The van der Waals surface area contributed by atoms with Crippen molar-refractivity contribution in [3.63, 3.8) is 0 Å². The van der Waals surface area contributed by atoms with Crippen molar-refractivity contribution in [3.8, 4) is 0 Å². The number of hydrogen-bond acceptors (Lipinski definition) is 2. The molecule has 2 N–H and O–H groups in total. The van der Waals surface area contributed by atoms with Crippen molar-refractivity contribution < 1.29 is 4.74 Å². The van der Waals surface area contributed by atoms with E-state index < -0.39 is 0 Å².